The van der Waals surface area contributed by atoms with Crippen molar-refractivity contribution in [2.45, 2.75) is 32.2 Å². The standard InChI is InChI=1S/C32H25ClN2O6/c1-3-35-24-12-18(5-8-27(24)40-16-28(35)36)30(37)31-32(38,23-13-21(33)6-9-26(23)41-31)20-11-19-15-39-25-7-4-17(2)10-22(25)29(19)34-14-20/h4-14,31,38H,3,15-16H2,1-2H3/t31-,32-/m1/s1. The van der Waals surface area contributed by atoms with Gasteiger partial charge in [0.1, 0.15) is 23.9 Å². The van der Waals surface area contributed by atoms with E-state index in [0.29, 0.717) is 39.9 Å². The minimum Gasteiger partial charge on any atom is -0.488 e. The van der Waals surface area contributed by atoms with E-state index in [0.717, 1.165) is 28.1 Å². The summed E-state index contributed by atoms with van der Waals surface area (Å²) in [5, 5.41) is 12.9. The Morgan fingerprint density at radius 2 is 1.83 bits per heavy atom. The van der Waals surface area contributed by atoms with Gasteiger partial charge in [-0.05, 0) is 68.4 Å². The smallest absolute Gasteiger partial charge is 0.265 e. The number of Topliss-reactive ketones (excluding diaryl/α,β-unsaturated/α-hetero) is 1. The summed E-state index contributed by atoms with van der Waals surface area (Å²) in [6.45, 7) is 4.48. The molecule has 7 rings (SSSR count). The molecule has 0 fully saturated rings. The number of amides is 1. The number of carbonyl (C=O) groups is 2. The number of hydrogen-bond acceptors (Lipinski definition) is 7. The van der Waals surface area contributed by atoms with E-state index in [9.17, 15) is 14.7 Å². The number of hydrogen-bond donors (Lipinski definition) is 1. The SMILES string of the molecule is CCN1C(=O)COc2ccc(C(=O)[C@H]3Oc4ccc(Cl)cc4[C@]3(O)c3cnc4c(c3)COc3ccc(C)cc3-4)cc21. The van der Waals surface area contributed by atoms with Crippen molar-refractivity contribution in [3.63, 3.8) is 0 Å². The number of aryl methyl sites for hydroxylation is 1. The molecule has 0 radical (unpaired) electrons. The monoisotopic (exact) mass is 568 g/mol. The minimum atomic E-state index is -1.90. The summed E-state index contributed by atoms with van der Waals surface area (Å²) in [4.78, 5) is 32.9. The Hall–Kier alpha value is -4.40. The lowest BCUT2D eigenvalue weighted by atomic mass is 9.80. The first-order valence-electron chi connectivity index (χ1n) is 13.3. The van der Waals surface area contributed by atoms with Crippen molar-refractivity contribution >= 4 is 29.0 Å². The summed E-state index contributed by atoms with van der Waals surface area (Å²) in [7, 11) is 0. The van der Waals surface area contributed by atoms with Crippen molar-refractivity contribution in [2.75, 3.05) is 18.1 Å². The van der Waals surface area contributed by atoms with Gasteiger partial charge in [-0.3, -0.25) is 14.6 Å². The first kappa shape index (κ1) is 25.6. The number of likely N-dealkylation sites (N-methyl/N-ethyl adjacent to an activating group) is 1. The molecule has 1 aromatic heterocycles. The molecule has 0 aliphatic carbocycles. The van der Waals surface area contributed by atoms with Crippen LogP contribution in [0.2, 0.25) is 5.02 Å². The number of fused-ring (bicyclic) bond motifs is 5. The van der Waals surface area contributed by atoms with Crippen LogP contribution in [0.3, 0.4) is 0 Å². The maximum absolute atomic E-state index is 14.1. The van der Waals surface area contributed by atoms with Gasteiger partial charge in [-0.2, -0.15) is 0 Å². The van der Waals surface area contributed by atoms with E-state index in [4.69, 9.17) is 30.8 Å². The Morgan fingerprint density at radius 1 is 1.05 bits per heavy atom. The molecule has 0 unspecified atom stereocenters. The highest BCUT2D eigenvalue weighted by Crippen LogP contribution is 2.49. The van der Waals surface area contributed by atoms with Gasteiger partial charge >= 0.3 is 0 Å². The summed E-state index contributed by atoms with van der Waals surface area (Å²) in [6, 6.07) is 17.5. The Labute approximate surface area is 241 Å². The van der Waals surface area contributed by atoms with Gasteiger partial charge in [0.15, 0.2) is 18.3 Å². The molecule has 8 nitrogen and oxygen atoms in total. The van der Waals surface area contributed by atoms with Crippen LogP contribution in [0.5, 0.6) is 17.2 Å². The van der Waals surface area contributed by atoms with Gasteiger partial charge in [0.2, 0.25) is 5.78 Å². The van der Waals surface area contributed by atoms with Crippen LogP contribution in [-0.4, -0.2) is 41.0 Å². The normalized spacial score (nSPS) is 20.1. The summed E-state index contributed by atoms with van der Waals surface area (Å²) in [5.41, 5.74) is 3.08. The second kappa shape index (κ2) is 9.33. The molecule has 3 aliphatic rings. The Balaban J connectivity index is 1.34. The molecule has 2 atom stereocenters. The van der Waals surface area contributed by atoms with Crippen LogP contribution >= 0.6 is 11.6 Å². The fourth-order valence-electron chi connectivity index (χ4n) is 5.84. The molecule has 0 bridgehead atoms. The van der Waals surface area contributed by atoms with Gasteiger partial charge in [-0.25, -0.2) is 0 Å². The summed E-state index contributed by atoms with van der Waals surface area (Å²) in [6.07, 6.45) is 0.233. The number of anilines is 1. The van der Waals surface area contributed by atoms with Crippen LogP contribution in [-0.2, 0) is 17.0 Å². The predicted octanol–water partition coefficient (Wildman–Crippen LogP) is 5.23. The van der Waals surface area contributed by atoms with Crippen LogP contribution < -0.4 is 19.1 Å². The zero-order valence-corrected chi connectivity index (χ0v) is 23.1. The van der Waals surface area contributed by atoms with Crippen molar-refractivity contribution < 1.29 is 28.9 Å². The van der Waals surface area contributed by atoms with E-state index in [1.807, 2.05) is 38.1 Å². The third-order valence-corrected chi connectivity index (χ3v) is 8.13. The van der Waals surface area contributed by atoms with E-state index in [2.05, 4.69) is 0 Å². The third kappa shape index (κ3) is 3.89. The van der Waals surface area contributed by atoms with Crippen molar-refractivity contribution in [2.24, 2.45) is 0 Å². The van der Waals surface area contributed by atoms with E-state index in [-0.39, 0.29) is 24.7 Å². The molecule has 0 saturated carbocycles. The van der Waals surface area contributed by atoms with Crippen molar-refractivity contribution in [3.05, 3.63) is 99.7 Å². The van der Waals surface area contributed by atoms with Gasteiger partial charge in [0.05, 0.1) is 11.4 Å². The predicted molar refractivity (Wildman–Crippen MR) is 152 cm³/mol. The molecular weight excluding hydrogens is 544 g/mol. The van der Waals surface area contributed by atoms with Crippen LogP contribution in [0.15, 0.2) is 66.9 Å². The van der Waals surface area contributed by atoms with Crippen molar-refractivity contribution in [1.29, 1.82) is 0 Å². The molecule has 3 aromatic carbocycles. The highest BCUT2D eigenvalue weighted by molar-refractivity contribution is 6.30. The van der Waals surface area contributed by atoms with Crippen LogP contribution in [0.1, 0.15) is 39.5 Å². The maximum Gasteiger partial charge on any atom is 0.265 e. The molecule has 1 N–H and O–H groups in total. The molecule has 3 aliphatic heterocycles. The molecule has 1 amide bonds. The number of ketones is 1. The lowest BCUT2D eigenvalue weighted by Crippen LogP contribution is -2.45. The largest absolute Gasteiger partial charge is 0.488 e. The number of aliphatic hydroxyl groups is 1. The number of rotatable bonds is 4. The molecule has 4 aromatic rings. The molecule has 9 heteroatoms. The number of benzene rings is 3. The number of halogens is 1. The summed E-state index contributed by atoms with van der Waals surface area (Å²) in [5.74, 6) is 0.936. The summed E-state index contributed by atoms with van der Waals surface area (Å²) >= 11 is 6.36. The Morgan fingerprint density at radius 3 is 2.66 bits per heavy atom. The lowest BCUT2D eigenvalue weighted by molar-refractivity contribution is -0.121. The van der Waals surface area contributed by atoms with E-state index in [1.165, 1.54) is 0 Å². The number of carbonyl (C=O) groups excluding carboxylic acids is 2. The first-order chi connectivity index (χ1) is 19.8. The quantitative estimate of drug-likeness (QED) is 0.337. The van der Waals surface area contributed by atoms with Crippen LogP contribution in [0.25, 0.3) is 11.3 Å². The van der Waals surface area contributed by atoms with Crippen molar-refractivity contribution in [3.8, 4) is 28.5 Å². The van der Waals surface area contributed by atoms with Gasteiger partial charge < -0.3 is 24.2 Å². The third-order valence-electron chi connectivity index (χ3n) is 7.90. The first-order valence-corrected chi connectivity index (χ1v) is 13.7. The number of ether oxygens (including phenoxy) is 3. The van der Waals surface area contributed by atoms with Crippen molar-refractivity contribution in [1.82, 2.24) is 4.98 Å². The van der Waals surface area contributed by atoms with E-state index >= 15 is 0 Å². The maximum atomic E-state index is 14.1. The highest BCUT2D eigenvalue weighted by atomic mass is 35.5. The average molecular weight is 569 g/mol. The van der Waals surface area contributed by atoms with Crippen LogP contribution in [0, 0.1) is 6.92 Å². The Kier molecular flexibility index (Phi) is 5.81. The number of nitrogens with zero attached hydrogens (tertiary/aromatic N) is 2. The zero-order chi connectivity index (χ0) is 28.5. The number of pyridine rings is 1. The minimum absolute atomic E-state index is 0.0607. The zero-order valence-electron chi connectivity index (χ0n) is 22.3. The van der Waals surface area contributed by atoms with E-state index in [1.54, 1.807) is 47.5 Å². The fourth-order valence-corrected chi connectivity index (χ4v) is 6.01. The molecule has 206 valence electrons. The fraction of sp³-hybridized carbons (Fsp3) is 0.219. The number of aromatic nitrogens is 1. The Bertz CT molecular complexity index is 1770. The van der Waals surface area contributed by atoms with Gasteiger partial charge in [0, 0.05) is 45.6 Å². The molecule has 41 heavy (non-hydrogen) atoms. The average Bonchev–Trinajstić information content (AvgIpc) is 3.28. The molecule has 0 spiro atoms. The topological polar surface area (TPSA) is 98.2 Å². The van der Waals surface area contributed by atoms with Gasteiger partial charge in [-0.1, -0.05) is 23.2 Å². The highest BCUT2D eigenvalue weighted by Gasteiger charge is 2.53. The van der Waals surface area contributed by atoms with E-state index < -0.39 is 17.5 Å². The molecule has 4 heterocycles. The van der Waals surface area contributed by atoms with Crippen LogP contribution in [0.4, 0.5) is 5.69 Å². The van der Waals surface area contributed by atoms with Gasteiger partial charge in [0.25, 0.3) is 5.91 Å². The van der Waals surface area contributed by atoms with Gasteiger partial charge in [-0.15, -0.1) is 0 Å². The second-order valence-electron chi connectivity index (χ2n) is 10.4. The molecular formula is C32H25ClN2O6. The lowest BCUT2D eigenvalue weighted by Gasteiger charge is -2.31. The summed E-state index contributed by atoms with van der Waals surface area (Å²) < 4.78 is 17.7. The second-order valence-corrected chi connectivity index (χ2v) is 10.8. The molecule has 0 saturated heterocycles.